The molecule has 0 fully saturated rings. The highest BCUT2D eigenvalue weighted by atomic mass is 32.2. The van der Waals surface area contributed by atoms with E-state index in [1.165, 1.54) is 11.8 Å². The van der Waals surface area contributed by atoms with Gasteiger partial charge in [0, 0.05) is 89.2 Å². The van der Waals surface area contributed by atoms with Gasteiger partial charge in [-0.05, 0) is 163 Å². The van der Waals surface area contributed by atoms with E-state index in [4.69, 9.17) is 53.7 Å². The van der Waals surface area contributed by atoms with Gasteiger partial charge >= 0.3 is 29.8 Å². The molecule has 0 aromatic carbocycles. The van der Waals surface area contributed by atoms with Crippen LogP contribution < -0.4 is 64.0 Å². The van der Waals surface area contributed by atoms with E-state index >= 15 is 0 Å². The summed E-state index contributed by atoms with van der Waals surface area (Å²) in [6, 6.07) is -4.55. The van der Waals surface area contributed by atoms with E-state index in [1.54, 1.807) is 152 Å². The molecule has 5 atom stereocenters. The quantitative estimate of drug-likeness (QED) is 0.0153. The van der Waals surface area contributed by atoms with Crippen LogP contribution >= 0.6 is 11.8 Å². The van der Waals surface area contributed by atoms with Crippen molar-refractivity contribution in [3.05, 3.63) is 0 Å². The SMILES string of the molecule is CC(C)(C)OC[C@@H](NC(=O)CNC(=O)C(C)(C)C)C(=O)O.CC(C)C(=O)NCC(=O)N[C@H](COC(C)(C)C)C(=O)NCC(=O)O.CC(C)C(=O)NCCOC(C)(C)C.CC(C)C(=O)N[C@@H](CC(=O)OC(C)(C)C)C(=O)C(C)C.CC(C)NC(=O)C(C)(C)C.CC(C)OCCCCCNC(=O)C(C)(C)C.CC(C)OC[C@H](NC(=O)C(C)C)C(=O)O.CC(C)ONC(=O)C(C)C.CC(C)SC[C@H](NC(=O)C(C)C)C(=O)O. The third-order valence-corrected chi connectivity index (χ3v) is 18.0. The number of ether oxygens (including phenoxy) is 6. The number of carboxylic acids is 4. The van der Waals surface area contributed by atoms with Crippen LogP contribution in [0, 0.1) is 57.7 Å². The smallest absolute Gasteiger partial charge is 0.328 e. The van der Waals surface area contributed by atoms with Gasteiger partial charge < -0.3 is 107 Å². The molecule has 0 aromatic rings. The number of aliphatic carboxylic acids is 4. The van der Waals surface area contributed by atoms with Crippen LogP contribution in [0.25, 0.3) is 0 Å². The number of Topliss-reactive ketones (excluding diaryl/α,β-unsaturated/α-hetero) is 1. The molecular formula is C102H198N12O29S. The van der Waals surface area contributed by atoms with Crippen LogP contribution in [-0.2, 0) is 120 Å². The van der Waals surface area contributed by atoms with Gasteiger partial charge in [0.15, 0.2) is 17.9 Å². The summed E-state index contributed by atoms with van der Waals surface area (Å²) in [7, 11) is 0. The average Bonchev–Trinajstić information content (AvgIpc) is 0.871. The molecule has 0 saturated heterocycles. The maximum Gasteiger partial charge on any atom is 0.328 e. The summed E-state index contributed by atoms with van der Waals surface area (Å²) < 4.78 is 32.1. The van der Waals surface area contributed by atoms with Crippen LogP contribution in [0.1, 0.15) is 337 Å². The molecule has 846 valence electrons. The third-order valence-electron chi connectivity index (χ3n) is 16.8. The normalized spacial score (nSPS) is 12.5. The zero-order chi connectivity index (χ0) is 115. The molecule has 41 nitrogen and oxygen atoms in total. The Labute approximate surface area is 866 Å². The van der Waals surface area contributed by atoms with Crippen LogP contribution in [0.4, 0.5) is 0 Å². The molecule has 0 aliphatic carbocycles. The Morgan fingerprint density at radius 1 is 0.299 bits per heavy atom. The zero-order valence-corrected chi connectivity index (χ0v) is 97.1. The molecule has 0 saturated carbocycles. The van der Waals surface area contributed by atoms with Gasteiger partial charge in [-0.1, -0.05) is 173 Å². The second-order valence-corrected chi connectivity index (χ2v) is 45.9. The minimum absolute atomic E-state index is 0.00847. The minimum Gasteiger partial charge on any atom is -0.480 e. The lowest BCUT2D eigenvalue weighted by Gasteiger charge is -2.24. The summed E-state index contributed by atoms with van der Waals surface area (Å²) in [6.07, 6.45) is 3.39. The standard InChI is InChI=1S/C15H27N3O6.C15H27NO4.C14H26N2O5.C13H27NO2.C10H19NO4.C10H19NO3S.C10H21NO2.C8H17NO.C7H15NO2/c1-9(2)13(22)16-6-11(19)18-10(8-24-15(3,4)5)14(23)17-7-12(20)21;1-9(2)13(18)11(16-14(19)10(3)4)8-12(17)20-15(5,6)7;1-13(2,3)12(20)15-7-10(17)16-9(11(18)19)8-21-14(4,5)6;1-11(2)16-10-8-6-7-9-14-12(15)13(3,4)5;2*1-6(2)9(12)11-8(10(13)14)5-15-7(3)4;1-8(2)9(12)11-6-7-13-10(3,4)5;1-6(2)9-7(10)8(3,4)5;1-5(2)7(9)8-10-6(3)4/h9-10H,6-8H2,1-5H3,(H,16,22)(H,17,23)(H,18,19)(H,20,21);9-11H,8H2,1-7H3,(H,16,19);9H,7-8H2,1-6H3,(H,15,20)(H,16,17)(H,18,19);11H,6-10H2,1-5H3,(H,14,15);2*6-8H,5H2,1-4H3,(H,11,12)(H,13,14);8H,6-7H2,1-5H3,(H,11,12);6H,1-5H3,(H,9,10);5-6H,1-4H3,(H,8,9)/t10-;11-;9-;;2*8-;;;/m101.00.../s1. The fraction of sp³-hybridized carbons (Fsp3) is 0.824. The Kier molecular flexibility index (Phi) is 83.6. The molecule has 0 bridgehead atoms. The van der Waals surface area contributed by atoms with Crippen LogP contribution in [0.5, 0.6) is 0 Å². The fourth-order valence-electron chi connectivity index (χ4n) is 8.41. The molecule has 0 heterocycles. The van der Waals surface area contributed by atoms with Gasteiger partial charge in [-0.2, -0.15) is 11.8 Å². The first kappa shape index (κ1) is 152. The van der Waals surface area contributed by atoms with E-state index in [0.717, 1.165) is 32.4 Å². The lowest BCUT2D eigenvalue weighted by Crippen LogP contribution is -2.53. The highest BCUT2D eigenvalue weighted by Crippen LogP contribution is 2.18. The highest BCUT2D eigenvalue weighted by molar-refractivity contribution is 7.99. The average molecular weight is 2090 g/mol. The van der Waals surface area contributed by atoms with Crippen molar-refractivity contribution >= 4 is 118 Å². The third kappa shape index (κ3) is 103. The van der Waals surface area contributed by atoms with Gasteiger partial charge in [0.2, 0.25) is 70.9 Å². The Bertz CT molecular complexity index is 3680. The molecular weight excluding hydrogens is 1890 g/mol. The number of carbonyl (C=O) groups excluding carboxylic acids is 14. The Morgan fingerprint density at radius 3 is 1.00 bits per heavy atom. The number of esters is 1. The van der Waals surface area contributed by atoms with Crippen molar-refractivity contribution in [3.63, 3.8) is 0 Å². The maximum atomic E-state index is 12.1. The number of ketones is 1. The van der Waals surface area contributed by atoms with Crippen LogP contribution in [-0.4, -0.2) is 281 Å². The number of carboxylic acid groups (broad SMARTS) is 4. The zero-order valence-electron chi connectivity index (χ0n) is 96.3. The summed E-state index contributed by atoms with van der Waals surface area (Å²) in [4.78, 5) is 209. The molecule has 12 amide bonds. The fourth-order valence-corrected chi connectivity index (χ4v) is 9.22. The van der Waals surface area contributed by atoms with Gasteiger partial charge in [0.25, 0.3) is 0 Å². The summed E-state index contributed by atoms with van der Waals surface area (Å²) in [5, 5.41) is 63.7. The number of amides is 12. The van der Waals surface area contributed by atoms with Gasteiger partial charge in [0.05, 0.1) is 87.1 Å². The number of hydrogen-bond acceptors (Lipinski definition) is 26. The molecule has 0 unspecified atom stereocenters. The first-order valence-electron chi connectivity index (χ1n) is 49.5. The number of thioether (sulfide) groups is 1. The molecule has 42 heteroatoms. The Balaban J connectivity index is -0.000000206. The van der Waals surface area contributed by atoms with Crippen LogP contribution in [0.2, 0.25) is 0 Å². The van der Waals surface area contributed by atoms with Crippen molar-refractivity contribution in [2.45, 2.75) is 419 Å². The van der Waals surface area contributed by atoms with E-state index in [1.807, 2.05) is 159 Å². The number of hydrogen-bond donors (Lipinski definition) is 16. The predicted molar refractivity (Wildman–Crippen MR) is 561 cm³/mol. The number of nitrogens with one attached hydrogen (secondary N) is 12. The van der Waals surface area contributed by atoms with Crippen molar-refractivity contribution in [2.75, 3.05) is 71.5 Å². The highest BCUT2D eigenvalue weighted by Gasteiger charge is 2.33. The molecule has 0 aromatic heterocycles. The van der Waals surface area contributed by atoms with Gasteiger partial charge in [-0.15, -0.1) is 0 Å². The Morgan fingerprint density at radius 2 is 0.660 bits per heavy atom. The second kappa shape index (κ2) is 79.0. The number of hydroxylamine groups is 1. The van der Waals surface area contributed by atoms with E-state index in [2.05, 4.69) is 64.0 Å². The number of unbranched alkanes of at least 4 members (excludes halogenated alkanes) is 2. The number of carbonyl (C=O) groups is 18. The molecule has 0 aliphatic rings. The number of rotatable bonds is 48. The topological polar surface area (TPSA) is 597 Å². The van der Waals surface area contributed by atoms with E-state index in [9.17, 15) is 86.3 Å². The van der Waals surface area contributed by atoms with Gasteiger partial charge in [-0.25, -0.2) is 19.9 Å². The summed E-state index contributed by atoms with van der Waals surface area (Å²) in [6.45, 7) is 84.0. The van der Waals surface area contributed by atoms with Crippen molar-refractivity contribution in [1.82, 2.24) is 64.0 Å². The van der Waals surface area contributed by atoms with Crippen molar-refractivity contribution in [2.24, 2.45) is 57.7 Å². The monoisotopic (exact) mass is 2090 g/mol. The largest absolute Gasteiger partial charge is 0.480 e. The Hall–Kier alpha value is -9.23. The van der Waals surface area contributed by atoms with E-state index < -0.39 is 107 Å². The lowest BCUT2D eigenvalue weighted by molar-refractivity contribution is -0.157. The van der Waals surface area contributed by atoms with Gasteiger partial charge in [-0.3, -0.25) is 76.8 Å². The molecule has 0 rings (SSSR count). The molecule has 0 radical (unpaired) electrons. The van der Waals surface area contributed by atoms with Gasteiger partial charge in [0.1, 0.15) is 24.2 Å². The summed E-state index contributed by atoms with van der Waals surface area (Å²) >= 11 is 1.53. The molecule has 0 aliphatic heterocycles. The maximum absolute atomic E-state index is 12.1. The van der Waals surface area contributed by atoms with Crippen LogP contribution in [0.3, 0.4) is 0 Å². The van der Waals surface area contributed by atoms with Crippen LogP contribution in [0.15, 0.2) is 0 Å². The summed E-state index contributed by atoms with van der Waals surface area (Å²) in [5.74, 6) is -8.70. The first-order chi connectivity index (χ1) is 64.9. The predicted octanol–water partition coefficient (Wildman–Crippen LogP) is 10.8. The lowest BCUT2D eigenvalue weighted by atomic mass is 9.95. The second-order valence-electron chi connectivity index (χ2n) is 44.3. The van der Waals surface area contributed by atoms with E-state index in [-0.39, 0.29) is 174 Å². The summed E-state index contributed by atoms with van der Waals surface area (Å²) in [5.41, 5.74) is -0.573. The first-order valence-corrected chi connectivity index (χ1v) is 50.5. The molecule has 16 N–H and O–H groups in total. The van der Waals surface area contributed by atoms with Crippen molar-refractivity contribution in [1.29, 1.82) is 0 Å². The van der Waals surface area contributed by atoms with Crippen molar-refractivity contribution in [3.8, 4) is 0 Å². The van der Waals surface area contributed by atoms with Crippen molar-refractivity contribution < 1.29 is 140 Å². The molecule has 144 heavy (non-hydrogen) atoms. The minimum atomic E-state index is -1.20. The molecule has 0 spiro atoms. The van der Waals surface area contributed by atoms with E-state index in [0.29, 0.717) is 30.3 Å².